The number of imidazole rings is 1. The minimum atomic E-state index is -0.0878. The average Bonchev–Trinajstić information content (AvgIpc) is 2.76. The number of benzene rings is 1. The Morgan fingerprint density at radius 1 is 1.42 bits per heavy atom. The van der Waals surface area contributed by atoms with Crippen molar-refractivity contribution in [3.8, 4) is 6.07 Å². The number of aromatic amines is 1. The molecule has 0 saturated carbocycles. The summed E-state index contributed by atoms with van der Waals surface area (Å²) in [7, 11) is 0. The molecule has 0 fully saturated rings. The molecule has 5 heteroatoms. The van der Waals surface area contributed by atoms with Crippen LogP contribution < -0.4 is 5.56 Å². The fourth-order valence-electron chi connectivity index (χ4n) is 2.33. The lowest BCUT2D eigenvalue weighted by atomic mass is 10.1. The van der Waals surface area contributed by atoms with Gasteiger partial charge >= 0.3 is 0 Å². The van der Waals surface area contributed by atoms with Gasteiger partial charge in [0.05, 0.1) is 17.1 Å². The van der Waals surface area contributed by atoms with Crippen molar-refractivity contribution in [1.29, 1.82) is 5.26 Å². The van der Waals surface area contributed by atoms with Gasteiger partial charge in [0, 0.05) is 17.7 Å². The Balaban J connectivity index is 2.39. The van der Waals surface area contributed by atoms with Gasteiger partial charge in [0.2, 0.25) is 5.78 Å². The van der Waals surface area contributed by atoms with Crippen molar-refractivity contribution in [1.82, 2.24) is 14.4 Å². The van der Waals surface area contributed by atoms with Crippen molar-refractivity contribution < 1.29 is 0 Å². The van der Waals surface area contributed by atoms with Crippen LogP contribution in [0.5, 0.6) is 0 Å². The lowest BCUT2D eigenvalue weighted by Crippen LogP contribution is -2.20. The Morgan fingerprint density at radius 2 is 2.21 bits per heavy atom. The maximum absolute atomic E-state index is 12.5. The highest BCUT2D eigenvalue weighted by Gasteiger charge is 2.12. The molecule has 0 unspecified atom stereocenters. The summed E-state index contributed by atoms with van der Waals surface area (Å²) in [6, 6.07) is 9.59. The number of nitrogens with one attached hydrogen (secondary N) is 1. The van der Waals surface area contributed by atoms with E-state index < -0.39 is 0 Å². The first-order valence-electron chi connectivity index (χ1n) is 6.08. The number of rotatable bonds is 2. The van der Waals surface area contributed by atoms with E-state index in [2.05, 4.69) is 16.0 Å². The molecule has 3 rings (SSSR count). The number of hydrogen-bond acceptors (Lipinski definition) is 3. The van der Waals surface area contributed by atoms with Gasteiger partial charge in [0.15, 0.2) is 0 Å². The van der Waals surface area contributed by atoms with Crippen molar-refractivity contribution in [3.63, 3.8) is 0 Å². The molecule has 94 valence electrons. The zero-order valence-electron chi connectivity index (χ0n) is 10.5. The van der Waals surface area contributed by atoms with Crippen LogP contribution in [0.15, 0.2) is 29.1 Å². The number of fused-ring (bicyclic) bond motifs is 3. The SMILES string of the molecule is Cc1[nH]c2nc3ccccc3n2c(=O)c1CCC#N. The summed E-state index contributed by atoms with van der Waals surface area (Å²) in [4.78, 5) is 20.1. The molecule has 0 saturated heterocycles. The quantitative estimate of drug-likeness (QED) is 0.757. The van der Waals surface area contributed by atoms with Gasteiger partial charge in [-0.15, -0.1) is 0 Å². The van der Waals surface area contributed by atoms with Crippen LogP contribution in [-0.2, 0) is 6.42 Å². The zero-order chi connectivity index (χ0) is 13.4. The molecule has 1 aromatic carbocycles. The highest BCUT2D eigenvalue weighted by Crippen LogP contribution is 2.14. The van der Waals surface area contributed by atoms with Gasteiger partial charge in [-0.05, 0) is 25.5 Å². The molecule has 0 radical (unpaired) electrons. The number of aromatic nitrogens is 3. The molecule has 5 nitrogen and oxygen atoms in total. The highest BCUT2D eigenvalue weighted by atomic mass is 16.1. The van der Waals surface area contributed by atoms with Crippen LogP contribution in [0.25, 0.3) is 16.8 Å². The molecule has 2 heterocycles. The Kier molecular flexibility index (Phi) is 2.57. The number of para-hydroxylation sites is 2. The van der Waals surface area contributed by atoms with Crippen LogP contribution in [0.1, 0.15) is 17.7 Å². The maximum atomic E-state index is 12.5. The van der Waals surface area contributed by atoms with Crippen molar-refractivity contribution in [3.05, 3.63) is 45.9 Å². The predicted octanol–water partition coefficient (Wildman–Crippen LogP) is 1.94. The van der Waals surface area contributed by atoms with Crippen molar-refractivity contribution in [2.45, 2.75) is 19.8 Å². The van der Waals surface area contributed by atoms with E-state index in [1.807, 2.05) is 31.2 Å². The Labute approximate surface area is 109 Å². The second kappa shape index (κ2) is 4.25. The molecule has 0 amide bonds. The maximum Gasteiger partial charge on any atom is 0.262 e. The third-order valence-corrected chi connectivity index (χ3v) is 3.26. The smallest absolute Gasteiger partial charge is 0.262 e. The zero-order valence-corrected chi connectivity index (χ0v) is 10.5. The van der Waals surface area contributed by atoms with Gasteiger partial charge in [0.25, 0.3) is 5.56 Å². The van der Waals surface area contributed by atoms with Gasteiger partial charge in [-0.3, -0.25) is 4.79 Å². The van der Waals surface area contributed by atoms with Crippen LogP contribution in [0.2, 0.25) is 0 Å². The Morgan fingerprint density at radius 3 is 3.00 bits per heavy atom. The monoisotopic (exact) mass is 252 g/mol. The number of nitriles is 1. The molecule has 1 N–H and O–H groups in total. The van der Waals surface area contributed by atoms with Crippen LogP contribution in [-0.4, -0.2) is 14.4 Å². The van der Waals surface area contributed by atoms with E-state index in [0.717, 1.165) is 16.7 Å². The Bertz CT molecular complexity index is 867. The highest BCUT2D eigenvalue weighted by molar-refractivity contribution is 5.79. The summed E-state index contributed by atoms with van der Waals surface area (Å²) in [6.07, 6.45) is 0.794. The predicted molar refractivity (Wildman–Crippen MR) is 72.0 cm³/mol. The largest absolute Gasteiger partial charge is 0.329 e. The molecule has 0 atom stereocenters. The molecule has 0 aliphatic heterocycles. The summed E-state index contributed by atoms with van der Waals surface area (Å²) >= 11 is 0. The lowest BCUT2D eigenvalue weighted by molar-refractivity contribution is 0.910. The van der Waals surface area contributed by atoms with Crippen molar-refractivity contribution in [2.75, 3.05) is 0 Å². The topological polar surface area (TPSA) is 74.0 Å². The van der Waals surface area contributed by atoms with Gasteiger partial charge in [-0.1, -0.05) is 12.1 Å². The van der Waals surface area contributed by atoms with Gasteiger partial charge in [-0.2, -0.15) is 5.26 Å². The molecular weight excluding hydrogens is 240 g/mol. The molecule has 19 heavy (non-hydrogen) atoms. The fourth-order valence-corrected chi connectivity index (χ4v) is 2.33. The van der Waals surface area contributed by atoms with Crippen LogP contribution in [0.3, 0.4) is 0 Å². The third kappa shape index (κ3) is 1.69. The Hall–Kier alpha value is -2.61. The fraction of sp³-hybridized carbons (Fsp3) is 0.214. The second-order valence-electron chi connectivity index (χ2n) is 4.45. The first-order chi connectivity index (χ1) is 9.22. The molecule has 0 aliphatic rings. The first-order valence-corrected chi connectivity index (χ1v) is 6.08. The number of aryl methyl sites for hydroxylation is 1. The third-order valence-electron chi connectivity index (χ3n) is 3.26. The van der Waals surface area contributed by atoms with E-state index in [0.29, 0.717) is 24.2 Å². The van der Waals surface area contributed by atoms with Crippen LogP contribution in [0.4, 0.5) is 0 Å². The minimum absolute atomic E-state index is 0.0878. The molecule has 0 spiro atoms. The van der Waals surface area contributed by atoms with E-state index in [1.54, 1.807) is 4.40 Å². The molecular formula is C14H12N4O. The van der Waals surface area contributed by atoms with Gasteiger partial charge in [-0.25, -0.2) is 9.38 Å². The molecule has 2 aromatic heterocycles. The van der Waals surface area contributed by atoms with Crippen LogP contribution >= 0.6 is 0 Å². The van der Waals surface area contributed by atoms with E-state index in [9.17, 15) is 4.79 Å². The summed E-state index contributed by atoms with van der Waals surface area (Å²) in [5.41, 5.74) is 2.92. The second-order valence-corrected chi connectivity index (χ2v) is 4.45. The van der Waals surface area contributed by atoms with E-state index in [4.69, 9.17) is 5.26 Å². The number of hydrogen-bond donors (Lipinski definition) is 1. The van der Waals surface area contributed by atoms with Gasteiger partial charge in [0.1, 0.15) is 0 Å². The molecule has 0 bridgehead atoms. The van der Waals surface area contributed by atoms with E-state index in [-0.39, 0.29) is 5.56 Å². The minimum Gasteiger partial charge on any atom is -0.329 e. The first kappa shape index (κ1) is 11.5. The molecule has 3 aromatic rings. The lowest BCUT2D eigenvalue weighted by Gasteiger charge is -2.04. The summed E-state index contributed by atoms with van der Waals surface area (Å²) in [6.45, 7) is 1.84. The van der Waals surface area contributed by atoms with Crippen LogP contribution in [0, 0.1) is 18.3 Å². The normalized spacial score (nSPS) is 10.9. The average molecular weight is 252 g/mol. The summed E-state index contributed by atoms with van der Waals surface area (Å²) in [5.74, 6) is 0.546. The molecule has 0 aliphatic carbocycles. The van der Waals surface area contributed by atoms with Crippen molar-refractivity contribution in [2.24, 2.45) is 0 Å². The van der Waals surface area contributed by atoms with E-state index >= 15 is 0 Å². The summed E-state index contributed by atoms with van der Waals surface area (Å²) in [5, 5.41) is 8.67. The van der Waals surface area contributed by atoms with Crippen molar-refractivity contribution >= 4 is 16.8 Å². The number of nitrogens with zero attached hydrogens (tertiary/aromatic N) is 3. The van der Waals surface area contributed by atoms with E-state index in [1.165, 1.54) is 0 Å². The summed E-state index contributed by atoms with van der Waals surface area (Å²) < 4.78 is 1.58. The number of H-pyrrole nitrogens is 1. The van der Waals surface area contributed by atoms with Gasteiger partial charge < -0.3 is 4.98 Å². The standard InChI is InChI=1S/C14H12N4O/c1-9-10(5-4-8-15)13(19)18-12-7-3-2-6-11(12)17-14(18)16-9/h2-3,6-7H,4-5H2,1H3,(H,16,17).